The molecule has 0 spiro atoms. The molecule has 3 aromatic heterocycles. The number of carbonyl (C=O) groups is 1. The van der Waals surface area contributed by atoms with E-state index in [1.54, 1.807) is 42.6 Å². The fraction of sp³-hybridized carbons (Fsp3) is 0.400. The van der Waals surface area contributed by atoms with Crippen LogP contribution in [0.1, 0.15) is 42.2 Å². The Bertz CT molecular complexity index is 951. The molecule has 1 aliphatic heterocycles. The third-order valence-electron chi connectivity index (χ3n) is 5.05. The molecule has 0 N–H and O–H groups in total. The van der Waals surface area contributed by atoms with Crippen molar-refractivity contribution in [3.05, 3.63) is 48.1 Å². The average molecular weight is 381 g/mol. The van der Waals surface area contributed by atoms with Crippen molar-refractivity contribution >= 4 is 5.91 Å². The molecule has 8 nitrogen and oxygen atoms in total. The SMILES string of the molecule is COCc1c(C(=O)N2CCCC[C@H]2C)cnn1-c1nccc(-c2ccco2)n1. The van der Waals surface area contributed by atoms with Crippen LogP contribution >= 0.6 is 0 Å². The second-order valence-corrected chi connectivity index (χ2v) is 6.91. The van der Waals surface area contributed by atoms with Gasteiger partial charge in [0.2, 0.25) is 0 Å². The fourth-order valence-corrected chi connectivity index (χ4v) is 3.57. The first-order valence-electron chi connectivity index (χ1n) is 9.43. The predicted molar refractivity (Wildman–Crippen MR) is 102 cm³/mol. The first-order chi connectivity index (χ1) is 13.7. The normalized spacial score (nSPS) is 17.1. The maximum Gasteiger partial charge on any atom is 0.257 e. The van der Waals surface area contributed by atoms with Gasteiger partial charge in [0.05, 0.1) is 30.3 Å². The summed E-state index contributed by atoms with van der Waals surface area (Å²) < 4.78 is 12.3. The van der Waals surface area contributed by atoms with Crippen molar-refractivity contribution in [1.82, 2.24) is 24.6 Å². The molecule has 1 amide bonds. The van der Waals surface area contributed by atoms with Gasteiger partial charge in [0, 0.05) is 25.9 Å². The lowest BCUT2D eigenvalue weighted by molar-refractivity contribution is 0.0630. The van der Waals surface area contributed by atoms with Crippen LogP contribution in [0.3, 0.4) is 0 Å². The topological polar surface area (TPSA) is 86.3 Å². The van der Waals surface area contributed by atoms with E-state index in [9.17, 15) is 4.79 Å². The van der Waals surface area contributed by atoms with E-state index in [0.29, 0.717) is 28.7 Å². The molecule has 1 atom stereocenters. The molecule has 1 fully saturated rings. The number of hydrogen-bond acceptors (Lipinski definition) is 6. The van der Waals surface area contributed by atoms with E-state index in [0.717, 1.165) is 25.8 Å². The van der Waals surface area contributed by atoms with Gasteiger partial charge in [-0.1, -0.05) is 0 Å². The number of hydrogen-bond donors (Lipinski definition) is 0. The van der Waals surface area contributed by atoms with Crippen LogP contribution in [0.25, 0.3) is 17.4 Å². The van der Waals surface area contributed by atoms with E-state index in [2.05, 4.69) is 22.0 Å². The van der Waals surface area contributed by atoms with Crippen molar-refractivity contribution in [1.29, 1.82) is 0 Å². The molecule has 0 unspecified atom stereocenters. The van der Waals surface area contributed by atoms with Crippen molar-refractivity contribution < 1.29 is 13.9 Å². The molecular weight excluding hydrogens is 358 g/mol. The minimum atomic E-state index is -0.0207. The average Bonchev–Trinajstić information content (AvgIpc) is 3.39. The van der Waals surface area contributed by atoms with Gasteiger partial charge in [0.25, 0.3) is 11.9 Å². The van der Waals surface area contributed by atoms with Gasteiger partial charge in [-0.05, 0) is 44.4 Å². The standard InChI is InChI=1S/C20H23N5O3/c1-14-6-3-4-10-24(14)19(26)15-12-22-25(17(15)13-27-2)20-21-9-8-16(23-20)18-7-5-11-28-18/h5,7-9,11-12,14H,3-4,6,10,13H2,1-2H3/t14-/m1/s1. The molecule has 0 saturated carbocycles. The van der Waals surface area contributed by atoms with Gasteiger partial charge in [-0.3, -0.25) is 4.79 Å². The first-order valence-corrected chi connectivity index (χ1v) is 9.43. The number of aromatic nitrogens is 4. The van der Waals surface area contributed by atoms with Gasteiger partial charge < -0.3 is 14.1 Å². The van der Waals surface area contributed by atoms with Gasteiger partial charge in [0.15, 0.2) is 5.76 Å². The zero-order valence-corrected chi connectivity index (χ0v) is 16.0. The number of carbonyl (C=O) groups excluding carboxylic acids is 1. The Morgan fingerprint density at radius 2 is 2.25 bits per heavy atom. The number of ether oxygens (including phenoxy) is 1. The lowest BCUT2D eigenvalue weighted by Gasteiger charge is -2.33. The highest BCUT2D eigenvalue weighted by Crippen LogP contribution is 2.23. The summed E-state index contributed by atoms with van der Waals surface area (Å²) in [4.78, 5) is 24.0. The molecule has 0 aliphatic carbocycles. The summed E-state index contributed by atoms with van der Waals surface area (Å²) in [6.07, 6.45) is 8.03. The van der Waals surface area contributed by atoms with Gasteiger partial charge in [0.1, 0.15) is 5.69 Å². The van der Waals surface area contributed by atoms with E-state index < -0.39 is 0 Å². The monoisotopic (exact) mass is 381 g/mol. The molecule has 1 saturated heterocycles. The number of methoxy groups -OCH3 is 1. The van der Waals surface area contributed by atoms with Crippen molar-refractivity contribution in [3.8, 4) is 17.4 Å². The number of nitrogens with zero attached hydrogens (tertiary/aromatic N) is 5. The van der Waals surface area contributed by atoms with E-state index in [-0.39, 0.29) is 18.6 Å². The Hall–Kier alpha value is -3.00. The Labute approximate surface area is 163 Å². The number of amides is 1. The van der Waals surface area contributed by atoms with Crippen LogP contribution in [-0.4, -0.2) is 50.3 Å². The highest BCUT2D eigenvalue weighted by molar-refractivity contribution is 5.95. The Kier molecular flexibility index (Phi) is 5.21. The van der Waals surface area contributed by atoms with Crippen LogP contribution in [0.2, 0.25) is 0 Å². The Morgan fingerprint density at radius 3 is 3.00 bits per heavy atom. The molecule has 4 rings (SSSR count). The minimum Gasteiger partial charge on any atom is -0.463 e. The van der Waals surface area contributed by atoms with E-state index in [1.165, 1.54) is 0 Å². The van der Waals surface area contributed by atoms with Crippen molar-refractivity contribution in [2.75, 3.05) is 13.7 Å². The van der Waals surface area contributed by atoms with E-state index in [4.69, 9.17) is 9.15 Å². The maximum absolute atomic E-state index is 13.2. The zero-order valence-electron chi connectivity index (χ0n) is 16.0. The third kappa shape index (κ3) is 3.43. The molecule has 3 aromatic rings. The molecule has 8 heteroatoms. The summed E-state index contributed by atoms with van der Waals surface area (Å²) in [5.41, 5.74) is 1.82. The number of piperidine rings is 1. The summed E-state index contributed by atoms with van der Waals surface area (Å²) in [6, 6.07) is 5.62. The summed E-state index contributed by atoms with van der Waals surface area (Å²) in [6.45, 7) is 3.09. The molecule has 0 bridgehead atoms. The number of likely N-dealkylation sites (tertiary alicyclic amines) is 1. The third-order valence-corrected chi connectivity index (χ3v) is 5.05. The van der Waals surface area contributed by atoms with Gasteiger partial charge in [-0.2, -0.15) is 9.78 Å². The van der Waals surface area contributed by atoms with Crippen LogP contribution in [-0.2, 0) is 11.3 Å². The minimum absolute atomic E-state index is 0.0207. The summed E-state index contributed by atoms with van der Waals surface area (Å²) >= 11 is 0. The lowest BCUT2D eigenvalue weighted by atomic mass is 10.0. The molecule has 1 aliphatic rings. The Balaban J connectivity index is 1.71. The molecule has 0 aromatic carbocycles. The fourth-order valence-electron chi connectivity index (χ4n) is 3.57. The second kappa shape index (κ2) is 7.93. The van der Waals surface area contributed by atoms with Crippen LogP contribution < -0.4 is 0 Å². The lowest BCUT2D eigenvalue weighted by Crippen LogP contribution is -2.42. The van der Waals surface area contributed by atoms with Crippen molar-refractivity contribution in [2.45, 2.75) is 38.8 Å². The Morgan fingerprint density at radius 1 is 1.36 bits per heavy atom. The van der Waals surface area contributed by atoms with E-state index in [1.807, 2.05) is 11.0 Å². The summed E-state index contributed by atoms with van der Waals surface area (Å²) in [5.74, 6) is 0.988. The van der Waals surface area contributed by atoms with Gasteiger partial charge in [-0.25, -0.2) is 9.97 Å². The van der Waals surface area contributed by atoms with Crippen LogP contribution in [0.15, 0.2) is 41.3 Å². The van der Waals surface area contributed by atoms with Crippen molar-refractivity contribution in [3.63, 3.8) is 0 Å². The van der Waals surface area contributed by atoms with Crippen LogP contribution in [0, 0.1) is 0 Å². The number of rotatable bonds is 5. The largest absolute Gasteiger partial charge is 0.463 e. The van der Waals surface area contributed by atoms with Crippen LogP contribution in [0.5, 0.6) is 0 Å². The zero-order chi connectivity index (χ0) is 19.5. The number of furan rings is 1. The quantitative estimate of drug-likeness (QED) is 0.675. The highest BCUT2D eigenvalue weighted by Gasteiger charge is 2.28. The maximum atomic E-state index is 13.2. The molecular formula is C20H23N5O3. The molecule has 28 heavy (non-hydrogen) atoms. The molecule has 4 heterocycles. The predicted octanol–water partition coefficient (Wildman–Crippen LogP) is 3.08. The van der Waals surface area contributed by atoms with Gasteiger partial charge >= 0.3 is 0 Å². The summed E-state index contributed by atoms with van der Waals surface area (Å²) in [5, 5.41) is 4.40. The summed E-state index contributed by atoms with van der Waals surface area (Å²) in [7, 11) is 1.59. The van der Waals surface area contributed by atoms with Crippen molar-refractivity contribution in [2.24, 2.45) is 0 Å². The molecule has 0 radical (unpaired) electrons. The first kappa shape index (κ1) is 18.4. The van der Waals surface area contributed by atoms with Crippen LogP contribution in [0.4, 0.5) is 0 Å². The highest BCUT2D eigenvalue weighted by atomic mass is 16.5. The van der Waals surface area contributed by atoms with E-state index >= 15 is 0 Å². The van der Waals surface area contributed by atoms with Gasteiger partial charge in [-0.15, -0.1) is 0 Å². The molecule has 146 valence electrons. The smallest absolute Gasteiger partial charge is 0.257 e. The second-order valence-electron chi connectivity index (χ2n) is 6.91.